The van der Waals surface area contributed by atoms with E-state index in [1.54, 1.807) is 17.2 Å². The maximum Gasteiger partial charge on any atom is 0.247 e. The Morgan fingerprint density at radius 2 is 1.94 bits per heavy atom. The SMILES string of the molecule is N[C@H]1C(=O)N(c2ccc(Br)cc2)[C@@H]1c1ccco1. The summed E-state index contributed by atoms with van der Waals surface area (Å²) in [5, 5.41) is 0. The second kappa shape index (κ2) is 4.26. The maximum absolute atomic E-state index is 11.9. The largest absolute Gasteiger partial charge is 0.467 e. The van der Waals surface area contributed by atoms with E-state index in [1.807, 2.05) is 30.3 Å². The van der Waals surface area contributed by atoms with Gasteiger partial charge in [0.25, 0.3) is 0 Å². The molecule has 1 aromatic carbocycles. The smallest absolute Gasteiger partial charge is 0.247 e. The summed E-state index contributed by atoms with van der Waals surface area (Å²) in [7, 11) is 0. The molecular formula is C13H11BrN2O2. The van der Waals surface area contributed by atoms with Crippen LogP contribution in [0.4, 0.5) is 5.69 Å². The molecule has 0 unspecified atom stereocenters. The van der Waals surface area contributed by atoms with Gasteiger partial charge in [-0.25, -0.2) is 0 Å². The summed E-state index contributed by atoms with van der Waals surface area (Å²) in [5.74, 6) is 0.628. The van der Waals surface area contributed by atoms with Crippen LogP contribution in [-0.2, 0) is 4.79 Å². The topological polar surface area (TPSA) is 59.5 Å². The Morgan fingerprint density at radius 3 is 2.56 bits per heavy atom. The lowest BCUT2D eigenvalue weighted by atomic mass is 9.92. The summed E-state index contributed by atoms with van der Waals surface area (Å²) in [6.45, 7) is 0. The third kappa shape index (κ3) is 1.67. The van der Waals surface area contributed by atoms with Crippen LogP contribution in [-0.4, -0.2) is 11.9 Å². The van der Waals surface area contributed by atoms with E-state index in [0.717, 1.165) is 10.2 Å². The highest BCUT2D eigenvalue weighted by Crippen LogP contribution is 2.38. The monoisotopic (exact) mass is 306 g/mol. The molecule has 4 nitrogen and oxygen atoms in total. The highest BCUT2D eigenvalue weighted by atomic mass is 79.9. The summed E-state index contributed by atoms with van der Waals surface area (Å²) in [6.07, 6.45) is 1.59. The average molecular weight is 307 g/mol. The zero-order valence-electron chi connectivity index (χ0n) is 9.42. The van der Waals surface area contributed by atoms with Gasteiger partial charge in [0, 0.05) is 10.2 Å². The number of anilines is 1. The van der Waals surface area contributed by atoms with Crippen molar-refractivity contribution in [1.82, 2.24) is 0 Å². The Balaban J connectivity index is 1.95. The maximum atomic E-state index is 11.9. The van der Waals surface area contributed by atoms with Crippen molar-refractivity contribution in [2.75, 3.05) is 4.90 Å². The number of β-lactam (4-membered cyclic amide) rings is 1. The molecule has 2 atom stereocenters. The molecule has 0 bridgehead atoms. The fourth-order valence-electron chi connectivity index (χ4n) is 2.16. The number of amides is 1. The van der Waals surface area contributed by atoms with Crippen LogP contribution in [0.3, 0.4) is 0 Å². The van der Waals surface area contributed by atoms with E-state index >= 15 is 0 Å². The van der Waals surface area contributed by atoms with Crippen molar-refractivity contribution in [2.24, 2.45) is 5.73 Å². The van der Waals surface area contributed by atoms with Crippen molar-refractivity contribution in [1.29, 1.82) is 0 Å². The standard InChI is InChI=1S/C13H11BrN2O2/c14-8-3-5-9(6-4-8)16-12(11(15)13(16)17)10-2-1-7-18-10/h1-7,11-12H,15H2/t11-,12-/m1/s1. The second-order valence-electron chi connectivity index (χ2n) is 4.17. The Labute approximate surface area is 113 Å². The molecule has 1 fully saturated rings. The minimum absolute atomic E-state index is 0.0845. The van der Waals surface area contributed by atoms with Gasteiger partial charge in [-0.2, -0.15) is 0 Å². The molecule has 2 N–H and O–H groups in total. The number of carbonyl (C=O) groups is 1. The second-order valence-corrected chi connectivity index (χ2v) is 5.09. The molecule has 0 spiro atoms. The molecule has 0 aliphatic carbocycles. The molecule has 0 radical (unpaired) electrons. The summed E-state index contributed by atoms with van der Waals surface area (Å²) < 4.78 is 6.32. The first-order valence-corrected chi connectivity index (χ1v) is 6.35. The predicted molar refractivity (Wildman–Crippen MR) is 71.1 cm³/mol. The minimum atomic E-state index is -0.528. The first-order chi connectivity index (χ1) is 8.68. The van der Waals surface area contributed by atoms with Gasteiger partial charge < -0.3 is 10.2 Å². The molecule has 3 rings (SSSR count). The summed E-state index contributed by atoms with van der Waals surface area (Å²) in [6, 6.07) is 10.4. The Bertz CT molecular complexity index is 565. The van der Waals surface area contributed by atoms with Crippen molar-refractivity contribution in [2.45, 2.75) is 12.1 Å². The molecule has 1 aliphatic rings. The quantitative estimate of drug-likeness (QED) is 0.867. The lowest BCUT2D eigenvalue weighted by molar-refractivity contribution is -0.126. The van der Waals surface area contributed by atoms with Crippen molar-refractivity contribution in [3.05, 3.63) is 52.9 Å². The van der Waals surface area contributed by atoms with Gasteiger partial charge in [-0.1, -0.05) is 15.9 Å². The minimum Gasteiger partial charge on any atom is -0.467 e. The van der Waals surface area contributed by atoms with Crippen LogP contribution in [0.2, 0.25) is 0 Å². The van der Waals surface area contributed by atoms with Gasteiger partial charge in [-0.05, 0) is 36.4 Å². The van der Waals surface area contributed by atoms with Crippen molar-refractivity contribution in [3.63, 3.8) is 0 Å². The Morgan fingerprint density at radius 1 is 1.22 bits per heavy atom. The van der Waals surface area contributed by atoms with E-state index in [4.69, 9.17) is 10.2 Å². The van der Waals surface area contributed by atoms with Gasteiger partial charge in [0.2, 0.25) is 5.91 Å². The van der Waals surface area contributed by atoms with Crippen LogP contribution in [0.25, 0.3) is 0 Å². The van der Waals surface area contributed by atoms with Crippen LogP contribution in [0.15, 0.2) is 51.6 Å². The van der Waals surface area contributed by atoms with Gasteiger partial charge in [-0.3, -0.25) is 9.69 Å². The van der Waals surface area contributed by atoms with E-state index in [1.165, 1.54) is 0 Å². The number of furan rings is 1. The molecule has 1 aromatic heterocycles. The molecule has 1 amide bonds. The van der Waals surface area contributed by atoms with E-state index < -0.39 is 6.04 Å². The highest BCUT2D eigenvalue weighted by Gasteiger charge is 2.48. The molecule has 1 saturated heterocycles. The van der Waals surface area contributed by atoms with Gasteiger partial charge in [0.15, 0.2) is 0 Å². The Kier molecular flexibility index (Phi) is 2.72. The summed E-state index contributed by atoms with van der Waals surface area (Å²) >= 11 is 3.37. The van der Waals surface area contributed by atoms with Gasteiger partial charge in [0.05, 0.1) is 6.26 Å². The van der Waals surface area contributed by atoms with Crippen LogP contribution in [0, 0.1) is 0 Å². The molecule has 2 heterocycles. The summed E-state index contributed by atoms with van der Waals surface area (Å²) in [5.41, 5.74) is 6.68. The van der Waals surface area contributed by atoms with E-state index in [-0.39, 0.29) is 11.9 Å². The fraction of sp³-hybridized carbons (Fsp3) is 0.154. The molecular weight excluding hydrogens is 296 g/mol. The first kappa shape index (κ1) is 11.5. The van der Waals surface area contributed by atoms with E-state index in [2.05, 4.69) is 15.9 Å². The number of hydrogen-bond donors (Lipinski definition) is 1. The van der Waals surface area contributed by atoms with E-state index in [0.29, 0.717) is 5.76 Å². The van der Waals surface area contributed by atoms with Gasteiger partial charge in [-0.15, -0.1) is 0 Å². The normalized spacial score (nSPS) is 23.0. The van der Waals surface area contributed by atoms with Gasteiger partial charge in [0.1, 0.15) is 17.8 Å². The van der Waals surface area contributed by atoms with Crippen LogP contribution in [0.1, 0.15) is 11.8 Å². The van der Waals surface area contributed by atoms with Crippen molar-refractivity contribution >= 4 is 27.5 Å². The molecule has 5 heteroatoms. The number of halogens is 1. The Hall–Kier alpha value is -1.59. The number of benzene rings is 1. The molecule has 0 saturated carbocycles. The number of carbonyl (C=O) groups excluding carboxylic acids is 1. The number of nitrogens with zero attached hydrogens (tertiary/aromatic N) is 1. The third-order valence-electron chi connectivity index (χ3n) is 3.08. The lowest BCUT2D eigenvalue weighted by Crippen LogP contribution is -2.63. The predicted octanol–water partition coefficient (Wildman–Crippen LogP) is 2.46. The highest BCUT2D eigenvalue weighted by molar-refractivity contribution is 9.10. The van der Waals surface area contributed by atoms with Crippen molar-refractivity contribution in [3.8, 4) is 0 Å². The molecule has 18 heavy (non-hydrogen) atoms. The number of nitrogens with two attached hydrogens (primary N) is 1. The van der Waals surface area contributed by atoms with Crippen molar-refractivity contribution < 1.29 is 9.21 Å². The number of rotatable bonds is 2. The zero-order chi connectivity index (χ0) is 12.7. The fourth-order valence-corrected chi connectivity index (χ4v) is 2.43. The lowest BCUT2D eigenvalue weighted by Gasteiger charge is -2.44. The molecule has 92 valence electrons. The molecule has 2 aromatic rings. The van der Waals surface area contributed by atoms with Gasteiger partial charge >= 0.3 is 0 Å². The number of hydrogen-bond acceptors (Lipinski definition) is 3. The van der Waals surface area contributed by atoms with Crippen LogP contribution < -0.4 is 10.6 Å². The van der Waals surface area contributed by atoms with Crippen LogP contribution >= 0.6 is 15.9 Å². The summed E-state index contributed by atoms with van der Waals surface area (Å²) in [4.78, 5) is 13.6. The zero-order valence-corrected chi connectivity index (χ0v) is 11.0. The third-order valence-corrected chi connectivity index (χ3v) is 3.61. The van der Waals surface area contributed by atoms with E-state index in [9.17, 15) is 4.79 Å². The molecule has 1 aliphatic heterocycles. The first-order valence-electron chi connectivity index (χ1n) is 5.56. The van der Waals surface area contributed by atoms with Crippen LogP contribution in [0.5, 0.6) is 0 Å². The average Bonchev–Trinajstić information content (AvgIpc) is 2.89.